The highest BCUT2D eigenvalue weighted by atomic mass is 35.5. The summed E-state index contributed by atoms with van der Waals surface area (Å²) in [5.74, 6) is -1.07. The molecule has 5 nitrogen and oxygen atoms in total. The van der Waals surface area contributed by atoms with Crippen molar-refractivity contribution < 1.29 is 14.4 Å². The van der Waals surface area contributed by atoms with E-state index in [0.717, 1.165) is 25.7 Å². The lowest BCUT2D eigenvalue weighted by molar-refractivity contribution is -0.117. The quantitative estimate of drug-likeness (QED) is 0.379. The molecule has 2 amide bonds. The van der Waals surface area contributed by atoms with Crippen LogP contribution in [-0.4, -0.2) is 23.6 Å². The molecule has 0 heterocycles. The predicted molar refractivity (Wildman–Crippen MR) is 139 cm³/mol. The Balaban J connectivity index is 1.46. The molecule has 0 radical (unpaired) electrons. The lowest BCUT2D eigenvalue weighted by Gasteiger charge is -2.23. The number of nitrogens with one attached hydrogen (secondary N) is 2. The monoisotopic (exact) mass is 488 g/mol. The number of carbonyl (C=O) groups is 3. The average Bonchev–Trinajstić information content (AvgIpc) is 2.90. The van der Waals surface area contributed by atoms with Crippen LogP contribution in [0.4, 0.5) is 5.69 Å². The maximum absolute atomic E-state index is 13.1. The second kappa shape index (κ2) is 11.3. The lowest BCUT2D eigenvalue weighted by atomic mass is 9.95. The lowest BCUT2D eigenvalue weighted by Crippen LogP contribution is -2.36. The number of hydrogen-bond acceptors (Lipinski definition) is 3. The first-order valence-corrected chi connectivity index (χ1v) is 12.4. The summed E-state index contributed by atoms with van der Waals surface area (Å²) >= 11 is 6.33. The van der Waals surface area contributed by atoms with E-state index >= 15 is 0 Å². The van der Waals surface area contributed by atoms with Gasteiger partial charge in [0.25, 0.3) is 5.91 Å². The van der Waals surface area contributed by atoms with Crippen LogP contribution in [0.5, 0.6) is 0 Å². The molecule has 0 bridgehead atoms. The van der Waals surface area contributed by atoms with E-state index in [1.807, 2.05) is 24.3 Å². The summed E-state index contributed by atoms with van der Waals surface area (Å²) in [5.41, 5.74) is 2.67. The minimum absolute atomic E-state index is 0.0974. The molecule has 1 aliphatic rings. The van der Waals surface area contributed by atoms with E-state index in [4.69, 9.17) is 11.6 Å². The van der Waals surface area contributed by atoms with Crippen molar-refractivity contribution in [2.75, 3.05) is 5.32 Å². The third-order valence-corrected chi connectivity index (χ3v) is 6.83. The van der Waals surface area contributed by atoms with E-state index in [9.17, 15) is 14.4 Å². The molecule has 0 saturated heterocycles. The Morgan fingerprint density at radius 2 is 1.54 bits per heavy atom. The molecule has 3 aromatic rings. The fraction of sp³-hybridized carbons (Fsp3) is 0.276. The summed E-state index contributed by atoms with van der Waals surface area (Å²) in [6.07, 6.45) is 5.45. The number of ketones is 1. The molecule has 6 heteroatoms. The van der Waals surface area contributed by atoms with Crippen LogP contribution in [0.2, 0.25) is 5.02 Å². The van der Waals surface area contributed by atoms with Crippen molar-refractivity contribution in [3.63, 3.8) is 0 Å². The standard InChI is InChI=1S/C29H29ClN2O3/c1-19(21-11-8-12-22(17-21)27(33)20-9-4-2-5-10-20)28(34)32-26-18-23(15-16-25(26)30)29(35)31-24-13-6-3-7-14-24/h2,4-5,8-12,15-19,24H,3,6-7,13-14H2,1H3,(H,31,35)(H,32,34). The first-order chi connectivity index (χ1) is 16.9. The van der Waals surface area contributed by atoms with Gasteiger partial charge in [-0.1, -0.05) is 79.4 Å². The zero-order chi connectivity index (χ0) is 24.8. The molecule has 1 atom stereocenters. The number of carbonyl (C=O) groups excluding carboxylic acids is 3. The van der Waals surface area contributed by atoms with Crippen LogP contribution in [0.1, 0.15) is 76.8 Å². The number of halogens is 1. The molecule has 0 aliphatic heterocycles. The molecule has 1 saturated carbocycles. The van der Waals surface area contributed by atoms with Crippen LogP contribution in [0.3, 0.4) is 0 Å². The number of hydrogen-bond donors (Lipinski definition) is 2. The molecule has 3 aromatic carbocycles. The van der Waals surface area contributed by atoms with Gasteiger partial charge in [-0.25, -0.2) is 0 Å². The first-order valence-electron chi connectivity index (χ1n) is 12.0. The maximum Gasteiger partial charge on any atom is 0.251 e. The van der Waals surface area contributed by atoms with Crippen LogP contribution in [0.25, 0.3) is 0 Å². The minimum atomic E-state index is -0.533. The van der Waals surface area contributed by atoms with Gasteiger partial charge in [-0.15, -0.1) is 0 Å². The molecule has 1 aliphatic carbocycles. The highest BCUT2D eigenvalue weighted by molar-refractivity contribution is 6.34. The van der Waals surface area contributed by atoms with Crippen molar-refractivity contribution in [2.45, 2.75) is 51.0 Å². The van der Waals surface area contributed by atoms with Crippen LogP contribution in [-0.2, 0) is 4.79 Å². The van der Waals surface area contributed by atoms with Gasteiger partial charge in [0.2, 0.25) is 5.91 Å². The Kier molecular flexibility index (Phi) is 7.98. The summed E-state index contributed by atoms with van der Waals surface area (Å²) in [4.78, 5) is 38.6. The van der Waals surface area contributed by atoms with Crippen molar-refractivity contribution in [3.05, 3.63) is 100 Å². The summed E-state index contributed by atoms with van der Waals surface area (Å²) in [6, 6.07) is 21.2. The normalized spacial score (nSPS) is 14.7. The van der Waals surface area contributed by atoms with Crippen LogP contribution in [0.15, 0.2) is 72.8 Å². The Morgan fingerprint density at radius 3 is 2.29 bits per heavy atom. The molecule has 2 N–H and O–H groups in total. The van der Waals surface area contributed by atoms with Crippen LogP contribution < -0.4 is 10.6 Å². The minimum Gasteiger partial charge on any atom is -0.349 e. The van der Waals surface area contributed by atoms with Gasteiger partial charge in [0.15, 0.2) is 5.78 Å². The van der Waals surface area contributed by atoms with Crippen molar-refractivity contribution in [3.8, 4) is 0 Å². The van der Waals surface area contributed by atoms with Gasteiger partial charge < -0.3 is 10.6 Å². The van der Waals surface area contributed by atoms with Crippen molar-refractivity contribution in [1.29, 1.82) is 0 Å². The highest BCUT2D eigenvalue weighted by Crippen LogP contribution is 2.27. The Labute approximate surface area is 210 Å². The molecular formula is C29H29ClN2O3. The largest absolute Gasteiger partial charge is 0.349 e. The van der Waals surface area contributed by atoms with Gasteiger partial charge in [0.05, 0.1) is 16.6 Å². The molecule has 0 spiro atoms. The summed E-state index contributed by atoms with van der Waals surface area (Å²) < 4.78 is 0. The molecule has 0 aromatic heterocycles. The first kappa shape index (κ1) is 24.7. The molecular weight excluding hydrogens is 460 g/mol. The number of benzene rings is 3. The van der Waals surface area contributed by atoms with Gasteiger partial charge in [-0.05, 0) is 49.6 Å². The summed E-state index contributed by atoms with van der Waals surface area (Å²) in [5, 5.41) is 6.29. The van der Waals surface area contributed by atoms with Gasteiger partial charge >= 0.3 is 0 Å². The molecule has 4 rings (SSSR count). The highest BCUT2D eigenvalue weighted by Gasteiger charge is 2.21. The number of anilines is 1. The van der Waals surface area contributed by atoms with E-state index in [2.05, 4.69) is 10.6 Å². The zero-order valence-electron chi connectivity index (χ0n) is 19.7. The SMILES string of the molecule is CC(C(=O)Nc1cc(C(=O)NC2CCCCC2)ccc1Cl)c1cccc(C(=O)c2ccccc2)c1. The van der Waals surface area contributed by atoms with Crippen molar-refractivity contribution >= 4 is 34.9 Å². The molecule has 35 heavy (non-hydrogen) atoms. The van der Waals surface area contributed by atoms with Gasteiger partial charge in [0.1, 0.15) is 0 Å². The molecule has 1 unspecified atom stereocenters. The maximum atomic E-state index is 13.1. The van der Waals surface area contributed by atoms with Gasteiger partial charge in [-0.2, -0.15) is 0 Å². The van der Waals surface area contributed by atoms with Crippen LogP contribution in [0, 0.1) is 0 Å². The third kappa shape index (κ3) is 6.17. The molecule has 180 valence electrons. The topological polar surface area (TPSA) is 75.3 Å². The fourth-order valence-electron chi connectivity index (χ4n) is 4.38. The third-order valence-electron chi connectivity index (χ3n) is 6.50. The Hall–Kier alpha value is -3.44. The summed E-state index contributed by atoms with van der Waals surface area (Å²) in [6.45, 7) is 1.77. The van der Waals surface area contributed by atoms with Gasteiger partial charge in [0, 0.05) is 22.7 Å². The summed E-state index contributed by atoms with van der Waals surface area (Å²) in [7, 11) is 0. The van der Waals surface area contributed by atoms with E-state index in [1.54, 1.807) is 55.5 Å². The number of rotatable bonds is 7. The van der Waals surface area contributed by atoms with E-state index < -0.39 is 5.92 Å². The van der Waals surface area contributed by atoms with Crippen molar-refractivity contribution in [2.24, 2.45) is 0 Å². The fourth-order valence-corrected chi connectivity index (χ4v) is 4.54. The smallest absolute Gasteiger partial charge is 0.251 e. The van der Waals surface area contributed by atoms with E-state index in [0.29, 0.717) is 33.0 Å². The van der Waals surface area contributed by atoms with E-state index in [1.165, 1.54) is 6.42 Å². The predicted octanol–water partition coefficient (Wildman–Crippen LogP) is 6.38. The second-order valence-electron chi connectivity index (χ2n) is 9.03. The van der Waals surface area contributed by atoms with Gasteiger partial charge in [-0.3, -0.25) is 14.4 Å². The Morgan fingerprint density at radius 1 is 0.829 bits per heavy atom. The van der Waals surface area contributed by atoms with Crippen LogP contribution >= 0.6 is 11.6 Å². The zero-order valence-corrected chi connectivity index (χ0v) is 20.5. The average molecular weight is 489 g/mol. The van der Waals surface area contributed by atoms with Crippen molar-refractivity contribution in [1.82, 2.24) is 5.32 Å². The second-order valence-corrected chi connectivity index (χ2v) is 9.44. The number of amides is 2. The van der Waals surface area contributed by atoms with E-state index in [-0.39, 0.29) is 23.6 Å². The molecule has 1 fully saturated rings. The Bertz CT molecular complexity index is 1220.